The van der Waals surface area contributed by atoms with Crippen molar-refractivity contribution < 1.29 is 23.8 Å². The van der Waals surface area contributed by atoms with E-state index < -0.39 is 0 Å². The lowest BCUT2D eigenvalue weighted by Gasteiger charge is -2.48. The highest BCUT2D eigenvalue weighted by Crippen LogP contribution is 2.35. The summed E-state index contributed by atoms with van der Waals surface area (Å²) in [5.41, 5.74) is 1.96. The Bertz CT molecular complexity index is 848. The molecule has 29 heavy (non-hydrogen) atoms. The van der Waals surface area contributed by atoms with Gasteiger partial charge in [-0.05, 0) is 25.8 Å². The Morgan fingerprint density at radius 3 is 2.83 bits per heavy atom. The molecule has 1 aromatic rings. The summed E-state index contributed by atoms with van der Waals surface area (Å²) < 4.78 is 17.1. The van der Waals surface area contributed by atoms with Crippen LogP contribution in [0.4, 0.5) is 0 Å². The Kier molecular flexibility index (Phi) is 5.58. The lowest BCUT2D eigenvalue weighted by Crippen LogP contribution is -2.61. The third-order valence-electron chi connectivity index (χ3n) is 5.43. The van der Waals surface area contributed by atoms with Gasteiger partial charge in [0.05, 0.1) is 25.3 Å². The molecule has 0 N–H and O–H groups in total. The fourth-order valence-electron chi connectivity index (χ4n) is 3.95. The third kappa shape index (κ3) is 3.87. The van der Waals surface area contributed by atoms with E-state index in [0.717, 1.165) is 12.0 Å². The van der Waals surface area contributed by atoms with E-state index in [1.54, 1.807) is 22.9 Å². The SMILES string of the molecule is CCOC(=O)C1=CN2C[C@@H]3OCC[C@@H](C)N3C(=O)C2=C(OCc2ccccc2)C1. The number of hydrogen-bond donors (Lipinski definition) is 0. The van der Waals surface area contributed by atoms with Crippen LogP contribution in [0.25, 0.3) is 0 Å². The molecule has 0 aliphatic carbocycles. The van der Waals surface area contributed by atoms with Crippen LogP contribution in [0.2, 0.25) is 0 Å². The summed E-state index contributed by atoms with van der Waals surface area (Å²) in [4.78, 5) is 29.3. The summed E-state index contributed by atoms with van der Waals surface area (Å²) in [6.45, 7) is 5.52. The van der Waals surface area contributed by atoms with Gasteiger partial charge in [-0.25, -0.2) is 4.79 Å². The van der Waals surface area contributed by atoms with E-state index in [2.05, 4.69) is 0 Å². The lowest BCUT2D eigenvalue weighted by molar-refractivity contribution is -0.171. The Morgan fingerprint density at radius 2 is 2.07 bits per heavy atom. The van der Waals surface area contributed by atoms with Gasteiger partial charge in [-0.1, -0.05) is 30.3 Å². The summed E-state index contributed by atoms with van der Waals surface area (Å²) in [6.07, 6.45) is 2.42. The Labute approximate surface area is 170 Å². The van der Waals surface area contributed by atoms with Crippen molar-refractivity contribution in [1.82, 2.24) is 9.80 Å². The van der Waals surface area contributed by atoms with Crippen LogP contribution in [-0.2, 0) is 30.4 Å². The van der Waals surface area contributed by atoms with Crippen molar-refractivity contribution in [3.63, 3.8) is 0 Å². The van der Waals surface area contributed by atoms with Gasteiger partial charge in [-0.2, -0.15) is 0 Å². The van der Waals surface area contributed by atoms with Gasteiger partial charge in [-0.15, -0.1) is 0 Å². The van der Waals surface area contributed by atoms with Crippen molar-refractivity contribution in [2.24, 2.45) is 0 Å². The second-order valence-corrected chi connectivity index (χ2v) is 7.43. The van der Waals surface area contributed by atoms with Crippen molar-refractivity contribution in [2.45, 2.75) is 45.6 Å². The fourth-order valence-corrected chi connectivity index (χ4v) is 3.95. The van der Waals surface area contributed by atoms with Gasteiger partial charge in [0.25, 0.3) is 5.91 Å². The largest absolute Gasteiger partial charge is 0.491 e. The van der Waals surface area contributed by atoms with Crippen molar-refractivity contribution >= 4 is 11.9 Å². The predicted molar refractivity (Wildman–Crippen MR) is 105 cm³/mol. The highest BCUT2D eigenvalue weighted by molar-refractivity contribution is 5.97. The maximum absolute atomic E-state index is 13.3. The average Bonchev–Trinajstić information content (AvgIpc) is 2.72. The summed E-state index contributed by atoms with van der Waals surface area (Å²) in [5, 5.41) is 0. The van der Waals surface area contributed by atoms with Crippen LogP contribution < -0.4 is 0 Å². The molecule has 4 rings (SSSR count). The van der Waals surface area contributed by atoms with Crippen molar-refractivity contribution in [3.8, 4) is 0 Å². The van der Waals surface area contributed by atoms with Crippen LogP contribution in [-0.4, -0.2) is 53.7 Å². The molecule has 0 radical (unpaired) electrons. The van der Waals surface area contributed by atoms with Crippen LogP contribution in [0.5, 0.6) is 0 Å². The molecule has 7 nitrogen and oxygen atoms in total. The van der Waals surface area contributed by atoms with Crippen LogP contribution in [0.15, 0.2) is 53.6 Å². The minimum atomic E-state index is -0.389. The molecular formula is C22H26N2O5. The van der Waals surface area contributed by atoms with Crippen molar-refractivity contribution in [2.75, 3.05) is 19.8 Å². The van der Waals surface area contributed by atoms with E-state index in [4.69, 9.17) is 14.2 Å². The Morgan fingerprint density at radius 1 is 1.28 bits per heavy atom. The van der Waals surface area contributed by atoms with Crippen LogP contribution in [0, 0.1) is 0 Å². The maximum Gasteiger partial charge on any atom is 0.335 e. The molecule has 3 aliphatic rings. The molecule has 1 aromatic carbocycles. The zero-order valence-corrected chi connectivity index (χ0v) is 16.8. The number of allylic oxidation sites excluding steroid dienone is 1. The maximum atomic E-state index is 13.3. The number of esters is 1. The first-order valence-electron chi connectivity index (χ1n) is 10.1. The van der Waals surface area contributed by atoms with Crippen LogP contribution >= 0.6 is 0 Å². The fraction of sp³-hybridized carbons (Fsp3) is 0.455. The number of benzene rings is 1. The number of hydrogen-bond acceptors (Lipinski definition) is 6. The molecule has 1 amide bonds. The highest BCUT2D eigenvalue weighted by Gasteiger charge is 2.44. The molecular weight excluding hydrogens is 372 g/mol. The third-order valence-corrected chi connectivity index (χ3v) is 5.43. The molecule has 3 aliphatic heterocycles. The molecule has 2 atom stereocenters. The second-order valence-electron chi connectivity index (χ2n) is 7.43. The van der Waals surface area contributed by atoms with Gasteiger partial charge in [-0.3, -0.25) is 4.79 Å². The van der Waals surface area contributed by atoms with Gasteiger partial charge in [0.2, 0.25) is 0 Å². The first-order chi connectivity index (χ1) is 14.1. The molecule has 0 unspecified atom stereocenters. The number of carbonyl (C=O) groups excluding carboxylic acids is 2. The smallest absolute Gasteiger partial charge is 0.335 e. The minimum Gasteiger partial charge on any atom is -0.491 e. The molecule has 0 aromatic heterocycles. The zero-order valence-electron chi connectivity index (χ0n) is 16.8. The van der Waals surface area contributed by atoms with E-state index in [1.165, 1.54) is 0 Å². The number of fused-ring (bicyclic) bond motifs is 2. The number of piperazine rings is 1. The highest BCUT2D eigenvalue weighted by atomic mass is 16.5. The Balaban J connectivity index is 1.65. The second kappa shape index (κ2) is 8.29. The normalized spacial score (nSPS) is 23.9. The van der Waals surface area contributed by atoms with E-state index >= 15 is 0 Å². The van der Waals surface area contributed by atoms with Gasteiger partial charge >= 0.3 is 5.97 Å². The average molecular weight is 398 g/mol. The number of amides is 1. The number of ether oxygens (including phenoxy) is 3. The first kappa shape index (κ1) is 19.5. The number of nitrogens with zero attached hydrogens (tertiary/aromatic N) is 2. The summed E-state index contributed by atoms with van der Waals surface area (Å²) >= 11 is 0. The van der Waals surface area contributed by atoms with E-state index in [-0.39, 0.29) is 30.6 Å². The molecule has 0 saturated carbocycles. The van der Waals surface area contributed by atoms with Gasteiger partial charge in [0.1, 0.15) is 18.1 Å². The van der Waals surface area contributed by atoms with Crippen LogP contribution in [0.3, 0.4) is 0 Å². The molecule has 2 saturated heterocycles. The number of carbonyl (C=O) groups is 2. The molecule has 7 heteroatoms. The summed E-state index contributed by atoms with van der Waals surface area (Å²) in [7, 11) is 0. The van der Waals surface area contributed by atoms with Crippen LogP contribution in [0.1, 0.15) is 32.3 Å². The summed E-state index contributed by atoms with van der Waals surface area (Å²) in [5.74, 6) is -0.00327. The quantitative estimate of drug-likeness (QED) is 0.710. The molecule has 3 heterocycles. The minimum absolute atomic E-state index is 0.0988. The lowest BCUT2D eigenvalue weighted by atomic mass is 10.0. The van der Waals surface area contributed by atoms with E-state index in [9.17, 15) is 9.59 Å². The van der Waals surface area contributed by atoms with Crippen molar-refractivity contribution in [1.29, 1.82) is 0 Å². The molecule has 2 fully saturated rings. The predicted octanol–water partition coefficient (Wildman–Crippen LogP) is 2.54. The van der Waals surface area contributed by atoms with Gasteiger partial charge in [0, 0.05) is 18.7 Å². The zero-order chi connectivity index (χ0) is 20.4. The van der Waals surface area contributed by atoms with E-state index in [1.807, 2.05) is 37.3 Å². The van der Waals surface area contributed by atoms with Gasteiger partial charge < -0.3 is 24.0 Å². The molecule has 0 spiro atoms. The Hall–Kier alpha value is -2.80. The first-order valence-corrected chi connectivity index (χ1v) is 10.1. The molecule has 0 bridgehead atoms. The number of rotatable bonds is 5. The van der Waals surface area contributed by atoms with Crippen molar-refractivity contribution in [3.05, 3.63) is 59.1 Å². The standard InChI is InChI=1S/C22H26N2O5/c1-3-27-22(26)17-11-18(29-14-16-7-5-4-6-8-16)20-21(25)24-15(2)9-10-28-19(24)13-23(20)12-17/h4-8,12,15,19H,3,9-11,13-14H2,1-2H3/t15-,19+/m1/s1. The summed E-state index contributed by atoms with van der Waals surface area (Å²) in [6, 6.07) is 9.85. The van der Waals surface area contributed by atoms with Gasteiger partial charge in [0.15, 0.2) is 6.23 Å². The van der Waals surface area contributed by atoms with E-state index in [0.29, 0.717) is 43.4 Å². The molecule has 154 valence electrons. The monoisotopic (exact) mass is 398 g/mol. The topological polar surface area (TPSA) is 68.3 Å².